The maximum absolute atomic E-state index is 4.55. The van der Waals surface area contributed by atoms with Gasteiger partial charge >= 0.3 is 0 Å². The van der Waals surface area contributed by atoms with Gasteiger partial charge in [-0.25, -0.2) is 0 Å². The second-order valence-electron chi connectivity index (χ2n) is 7.06. The quantitative estimate of drug-likeness (QED) is 0.342. The van der Waals surface area contributed by atoms with Crippen LogP contribution in [0.3, 0.4) is 0 Å². The first-order valence-corrected chi connectivity index (χ1v) is 9.60. The number of benzene rings is 4. The molecule has 2 nitrogen and oxygen atoms in total. The lowest BCUT2D eigenvalue weighted by atomic mass is 9.87. The lowest BCUT2D eigenvalue weighted by molar-refractivity contribution is 0.926. The van der Waals surface area contributed by atoms with Crippen LogP contribution in [0.2, 0.25) is 0 Å². The molecule has 4 aromatic carbocycles. The minimum absolute atomic E-state index is 0.266. The second kappa shape index (κ2) is 7.24. The average molecular weight is 360 g/mol. The summed E-state index contributed by atoms with van der Waals surface area (Å²) in [5.74, 6) is 0.266. The van der Waals surface area contributed by atoms with Gasteiger partial charge < -0.3 is 0 Å². The fourth-order valence-corrected chi connectivity index (χ4v) is 4.02. The largest absolute Gasteiger partial charge is 0.184 e. The van der Waals surface area contributed by atoms with Crippen LogP contribution >= 0.6 is 0 Å². The molecule has 0 amide bonds. The van der Waals surface area contributed by atoms with Crippen LogP contribution in [-0.2, 0) is 6.54 Å². The topological polar surface area (TPSA) is 24.7 Å². The molecule has 1 aliphatic rings. The van der Waals surface area contributed by atoms with Gasteiger partial charge in [0, 0.05) is 5.92 Å². The standard InChI is InChI=1S/C26H20N2/c1-2-10-21(11-3-1)28-27-18-26-23-13-7-5-9-20(23)15-17-25(26)24-16-14-19-8-4-6-12-22(19)24/h1-17,24H,18H2. The Labute approximate surface area is 164 Å². The van der Waals surface area contributed by atoms with E-state index in [1.165, 1.54) is 33.0 Å². The van der Waals surface area contributed by atoms with Crippen molar-refractivity contribution in [1.29, 1.82) is 0 Å². The summed E-state index contributed by atoms with van der Waals surface area (Å²) in [5, 5.41) is 11.5. The van der Waals surface area contributed by atoms with Gasteiger partial charge in [0.15, 0.2) is 0 Å². The van der Waals surface area contributed by atoms with E-state index in [0.717, 1.165) is 5.69 Å². The number of fused-ring (bicyclic) bond motifs is 2. The number of azo groups is 1. The number of hydrogen-bond donors (Lipinski definition) is 0. The summed E-state index contributed by atoms with van der Waals surface area (Å²) in [5.41, 5.74) is 6.11. The van der Waals surface area contributed by atoms with Crippen molar-refractivity contribution in [3.8, 4) is 0 Å². The molecule has 4 aromatic rings. The number of rotatable bonds is 4. The third kappa shape index (κ3) is 3.03. The molecule has 28 heavy (non-hydrogen) atoms. The predicted molar refractivity (Wildman–Crippen MR) is 116 cm³/mol. The Kier molecular flexibility index (Phi) is 4.30. The molecule has 0 aliphatic heterocycles. The Hall–Kier alpha value is -3.52. The van der Waals surface area contributed by atoms with Gasteiger partial charge in [0.25, 0.3) is 0 Å². The van der Waals surface area contributed by atoms with Crippen molar-refractivity contribution < 1.29 is 0 Å². The van der Waals surface area contributed by atoms with Gasteiger partial charge in [-0.2, -0.15) is 10.2 Å². The van der Waals surface area contributed by atoms with Crippen LogP contribution in [0.25, 0.3) is 16.8 Å². The zero-order valence-electron chi connectivity index (χ0n) is 15.5. The van der Waals surface area contributed by atoms with E-state index in [-0.39, 0.29) is 5.92 Å². The molecule has 2 heteroatoms. The third-order valence-electron chi connectivity index (χ3n) is 5.38. The fraction of sp³-hybridized carbons (Fsp3) is 0.0769. The minimum Gasteiger partial charge on any atom is -0.184 e. The van der Waals surface area contributed by atoms with Crippen molar-refractivity contribution in [2.75, 3.05) is 0 Å². The summed E-state index contributed by atoms with van der Waals surface area (Å²) < 4.78 is 0. The summed E-state index contributed by atoms with van der Waals surface area (Å²) in [6.07, 6.45) is 4.52. The van der Waals surface area contributed by atoms with E-state index >= 15 is 0 Å². The first kappa shape index (κ1) is 16.6. The highest BCUT2D eigenvalue weighted by Crippen LogP contribution is 2.39. The third-order valence-corrected chi connectivity index (χ3v) is 5.38. The smallest absolute Gasteiger partial charge is 0.0862 e. The summed E-state index contributed by atoms with van der Waals surface area (Å²) in [6, 6.07) is 31.6. The van der Waals surface area contributed by atoms with E-state index in [1.807, 2.05) is 30.3 Å². The highest BCUT2D eigenvalue weighted by Gasteiger charge is 2.22. The summed E-state index contributed by atoms with van der Waals surface area (Å²) in [7, 11) is 0. The molecule has 0 fully saturated rings. The Morgan fingerprint density at radius 3 is 2.39 bits per heavy atom. The Morgan fingerprint density at radius 1 is 0.679 bits per heavy atom. The van der Waals surface area contributed by atoms with E-state index in [2.05, 4.69) is 83.0 Å². The van der Waals surface area contributed by atoms with Crippen molar-refractivity contribution in [3.05, 3.63) is 119 Å². The van der Waals surface area contributed by atoms with Crippen LogP contribution in [0.5, 0.6) is 0 Å². The van der Waals surface area contributed by atoms with Crippen molar-refractivity contribution in [1.82, 2.24) is 0 Å². The average Bonchev–Trinajstić information content (AvgIpc) is 3.18. The van der Waals surface area contributed by atoms with Crippen molar-refractivity contribution in [3.63, 3.8) is 0 Å². The molecule has 0 bridgehead atoms. The van der Waals surface area contributed by atoms with Crippen LogP contribution in [0.1, 0.15) is 28.2 Å². The number of nitrogens with zero attached hydrogens (tertiary/aromatic N) is 2. The maximum Gasteiger partial charge on any atom is 0.0862 e. The van der Waals surface area contributed by atoms with Crippen LogP contribution in [-0.4, -0.2) is 0 Å². The molecule has 1 aliphatic carbocycles. The summed E-state index contributed by atoms with van der Waals surface area (Å²) >= 11 is 0. The van der Waals surface area contributed by atoms with E-state index in [0.29, 0.717) is 6.54 Å². The van der Waals surface area contributed by atoms with Crippen LogP contribution in [0, 0.1) is 0 Å². The van der Waals surface area contributed by atoms with Gasteiger partial charge in [-0.15, -0.1) is 0 Å². The highest BCUT2D eigenvalue weighted by atomic mass is 15.1. The van der Waals surface area contributed by atoms with E-state index in [4.69, 9.17) is 0 Å². The molecular formula is C26H20N2. The van der Waals surface area contributed by atoms with Gasteiger partial charge in [-0.1, -0.05) is 91.0 Å². The summed E-state index contributed by atoms with van der Waals surface area (Å²) in [4.78, 5) is 0. The summed E-state index contributed by atoms with van der Waals surface area (Å²) in [6.45, 7) is 0.568. The molecule has 1 unspecified atom stereocenters. The van der Waals surface area contributed by atoms with E-state index < -0.39 is 0 Å². The first-order valence-electron chi connectivity index (χ1n) is 9.60. The minimum atomic E-state index is 0.266. The molecule has 134 valence electrons. The lowest BCUT2D eigenvalue weighted by Crippen LogP contribution is -2.01. The van der Waals surface area contributed by atoms with Crippen LogP contribution < -0.4 is 0 Å². The Bertz CT molecular complexity index is 1190. The molecule has 0 N–H and O–H groups in total. The molecule has 0 heterocycles. The fourth-order valence-electron chi connectivity index (χ4n) is 4.02. The second-order valence-corrected chi connectivity index (χ2v) is 7.06. The monoisotopic (exact) mass is 360 g/mol. The molecule has 0 aromatic heterocycles. The van der Waals surface area contributed by atoms with Crippen molar-refractivity contribution in [2.24, 2.45) is 10.2 Å². The Balaban J connectivity index is 1.59. The van der Waals surface area contributed by atoms with Crippen molar-refractivity contribution >= 4 is 22.5 Å². The highest BCUT2D eigenvalue weighted by molar-refractivity contribution is 5.87. The van der Waals surface area contributed by atoms with E-state index in [1.54, 1.807) is 0 Å². The van der Waals surface area contributed by atoms with Gasteiger partial charge in [0.05, 0.1) is 12.2 Å². The number of hydrogen-bond acceptors (Lipinski definition) is 2. The molecule has 0 spiro atoms. The molecular weight excluding hydrogens is 340 g/mol. The molecule has 0 radical (unpaired) electrons. The van der Waals surface area contributed by atoms with Gasteiger partial charge in [0.1, 0.15) is 0 Å². The zero-order valence-corrected chi connectivity index (χ0v) is 15.5. The Morgan fingerprint density at radius 2 is 1.46 bits per heavy atom. The molecule has 5 rings (SSSR count). The molecule has 1 atom stereocenters. The van der Waals surface area contributed by atoms with Crippen LogP contribution in [0.15, 0.2) is 107 Å². The molecule has 0 saturated carbocycles. The molecule has 0 saturated heterocycles. The van der Waals surface area contributed by atoms with Gasteiger partial charge in [-0.3, -0.25) is 0 Å². The lowest BCUT2D eigenvalue weighted by Gasteiger charge is -2.17. The number of allylic oxidation sites excluding steroid dienone is 1. The van der Waals surface area contributed by atoms with Gasteiger partial charge in [0.2, 0.25) is 0 Å². The van der Waals surface area contributed by atoms with Crippen molar-refractivity contribution in [2.45, 2.75) is 12.5 Å². The zero-order chi connectivity index (χ0) is 18.8. The van der Waals surface area contributed by atoms with Gasteiger partial charge in [-0.05, 0) is 45.2 Å². The van der Waals surface area contributed by atoms with E-state index in [9.17, 15) is 0 Å². The maximum atomic E-state index is 4.55. The predicted octanol–water partition coefficient (Wildman–Crippen LogP) is 7.28. The first-order chi connectivity index (χ1) is 13.9. The normalized spacial score (nSPS) is 15.4. The van der Waals surface area contributed by atoms with Crippen LogP contribution in [0.4, 0.5) is 5.69 Å². The SMILES string of the molecule is C1=CC(c2ccc3ccccc3c2CN=Nc2ccccc2)c2ccccc21.